The molecule has 1 aromatic heterocycles. The third kappa shape index (κ3) is 3.82. The van der Waals surface area contributed by atoms with Crippen LogP contribution in [0.25, 0.3) is 22.3 Å². The zero-order chi connectivity index (χ0) is 20.2. The molecule has 0 amide bonds. The van der Waals surface area contributed by atoms with Gasteiger partial charge in [0, 0.05) is 11.3 Å². The van der Waals surface area contributed by atoms with Gasteiger partial charge in [0.1, 0.15) is 11.3 Å². The Morgan fingerprint density at radius 3 is 2.28 bits per heavy atom. The summed E-state index contributed by atoms with van der Waals surface area (Å²) >= 11 is 0. The third-order valence-electron chi connectivity index (χ3n) is 4.51. The quantitative estimate of drug-likeness (QED) is 0.469. The van der Waals surface area contributed by atoms with Gasteiger partial charge in [-0.1, -0.05) is 54.6 Å². The fourth-order valence-corrected chi connectivity index (χ4v) is 3.14. The predicted molar refractivity (Wildman–Crippen MR) is 114 cm³/mol. The van der Waals surface area contributed by atoms with E-state index < -0.39 is 5.56 Å². The molecule has 0 spiro atoms. The topological polar surface area (TPSA) is 87.2 Å². The lowest BCUT2D eigenvalue weighted by atomic mass is 9.99. The number of hydrogen-bond donors (Lipinski definition) is 3. The number of rotatable bonds is 5. The fourth-order valence-electron chi connectivity index (χ4n) is 3.14. The standard InChI is InChI=1S/C23H19N3O3/c1-29-19-13-12-16(15-8-4-2-5-9-15)14-18(19)20-21(27)25-23(26-22(20)28)24-17-10-6-3-7-11-17/h2-14H,1H3,(H3,24,25,26,27,28). The van der Waals surface area contributed by atoms with Gasteiger partial charge in [0.2, 0.25) is 11.8 Å². The molecular weight excluding hydrogens is 366 g/mol. The van der Waals surface area contributed by atoms with Crippen LogP contribution in [0.1, 0.15) is 0 Å². The van der Waals surface area contributed by atoms with Crippen molar-refractivity contribution in [1.82, 2.24) is 9.97 Å². The summed E-state index contributed by atoms with van der Waals surface area (Å²) in [6.07, 6.45) is 0. The zero-order valence-corrected chi connectivity index (χ0v) is 15.7. The number of ether oxygens (including phenoxy) is 1. The van der Waals surface area contributed by atoms with Gasteiger partial charge in [-0.25, -0.2) is 0 Å². The van der Waals surface area contributed by atoms with E-state index >= 15 is 0 Å². The van der Waals surface area contributed by atoms with Crippen LogP contribution < -0.4 is 15.6 Å². The summed E-state index contributed by atoms with van der Waals surface area (Å²) in [7, 11) is 1.52. The SMILES string of the molecule is COc1ccc(-c2ccccc2)cc1-c1c(O)nc(Nc2ccccc2)[nH]c1=O. The van der Waals surface area contributed by atoms with Crippen molar-refractivity contribution in [3.63, 3.8) is 0 Å². The van der Waals surface area contributed by atoms with E-state index in [0.29, 0.717) is 11.3 Å². The zero-order valence-electron chi connectivity index (χ0n) is 15.7. The molecule has 0 aliphatic heterocycles. The summed E-state index contributed by atoms with van der Waals surface area (Å²) < 4.78 is 5.42. The second kappa shape index (κ2) is 7.90. The van der Waals surface area contributed by atoms with E-state index in [0.717, 1.165) is 16.8 Å². The van der Waals surface area contributed by atoms with E-state index in [1.807, 2.05) is 72.8 Å². The number of aromatic hydroxyl groups is 1. The first-order valence-electron chi connectivity index (χ1n) is 9.05. The Labute approximate surface area is 167 Å². The van der Waals surface area contributed by atoms with Gasteiger partial charge in [0.05, 0.1) is 7.11 Å². The van der Waals surface area contributed by atoms with Crippen LogP contribution in [-0.4, -0.2) is 22.2 Å². The van der Waals surface area contributed by atoms with Crippen molar-refractivity contribution in [2.24, 2.45) is 0 Å². The van der Waals surface area contributed by atoms with Gasteiger partial charge in [-0.2, -0.15) is 4.98 Å². The highest BCUT2D eigenvalue weighted by Crippen LogP contribution is 2.36. The Kier molecular flexibility index (Phi) is 4.99. The van der Waals surface area contributed by atoms with E-state index in [1.54, 1.807) is 6.07 Å². The molecule has 0 saturated carbocycles. The summed E-state index contributed by atoms with van der Waals surface area (Å²) in [5, 5.41) is 13.5. The van der Waals surface area contributed by atoms with E-state index in [1.165, 1.54) is 7.11 Å². The molecule has 0 unspecified atom stereocenters. The molecule has 0 saturated heterocycles. The van der Waals surface area contributed by atoms with Gasteiger partial charge in [0.25, 0.3) is 5.56 Å². The van der Waals surface area contributed by atoms with Crippen LogP contribution in [0.4, 0.5) is 11.6 Å². The Morgan fingerprint density at radius 1 is 0.931 bits per heavy atom. The van der Waals surface area contributed by atoms with Crippen LogP contribution in [0.3, 0.4) is 0 Å². The molecule has 3 N–H and O–H groups in total. The van der Waals surface area contributed by atoms with Crippen molar-refractivity contribution in [3.05, 3.63) is 89.2 Å². The number of H-pyrrole nitrogens is 1. The lowest BCUT2D eigenvalue weighted by Crippen LogP contribution is -2.14. The third-order valence-corrected chi connectivity index (χ3v) is 4.51. The summed E-state index contributed by atoms with van der Waals surface area (Å²) in [6, 6.07) is 24.5. The first kappa shape index (κ1) is 18.3. The van der Waals surface area contributed by atoms with E-state index in [4.69, 9.17) is 4.74 Å². The highest BCUT2D eigenvalue weighted by Gasteiger charge is 2.18. The van der Waals surface area contributed by atoms with Crippen molar-refractivity contribution >= 4 is 11.6 Å². The number of nitrogens with zero attached hydrogens (tertiary/aromatic N) is 1. The highest BCUT2D eigenvalue weighted by molar-refractivity contribution is 5.80. The maximum absolute atomic E-state index is 12.8. The van der Waals surface area contributed by atoms with E-state index in [-0.39, 0.29) is 17.4 Å². The molecule has 29 heavy (non-hydrogen) atoms. The maximum atomic E-state index is 12.8. The first-order chi connectivity index (χ1) is 14.2. The number of nitrogens with one attached hydrogen (secondary N) is 2. The molecule has 0 radical (unpaired) electrons. The minimum absolute atomic E-state index is 0.0539. The van der Waals surface area contributed by atoms with Crippen molar-refractivity contribution in [1.29, 1.82) is 0 Å². The highest BCUT2D eigenvalue weighted by atomic mass is 16.5. The summed E-state index contributed by atoms with van der Waals surface area (Å²) in [5.41, 5.74) is 2.67. The van der Waals surface area contributed by atoms with E-state index in [2.05, 4.69) is 15.3 Å². The fraction of sp³-hybridized carbons (Fsp3) is 0.0435. The molecule has 0 atom stereocenters. The van der Waals surface area contributed by atoms with Gasteiger partial charge in [-0.05, 0) is 35.4 Å². The van der Waals surface area contributed by atoms with Crippen LogP contribution in [-0.2, 0) is 0 Å². The number of hydrogen-bond acceptors (Lipinski definition) is 5. The predicted octanol–water partition coefficient (Wildman–Crippen LogP) is 4.56. The number of anilines is 2. The number of aromatic amines is 1. The van der Waals surface area contributed by atoms with E-state index in [9.17, 15) is 9.90 Å². The number of para-hydroxylation sites is 1. The summed E-state index contributed by atoms with van der Waals surface area (Å²) in [5.74, 6) is 0.243. The van der Waals surface area contributed by atoms with Gasteiger partial charge < -0.3 is 15.2 Å². The summed E-state index contributed by atoms with van der Waals surface area (Å²) in [6.45, 7) is 0. The molecule has 3 aromatic carbocycles. The number of benzene rings is 3. The van der Waals surface area contributed by atoms with Gasteiger partial charge in [-0.15, -0.1) is 0 Å². The molecule has 6 nitrogen and oxygen atoms in total. The average molecular weight is 385 g/mol. The van der Waals surface area contributed by atoms with Crippen molar-refractivity contribution in [3.8, 4) is 33.9 Å². The molecule has 6 heteroatoms. The minimum Gasteiger partial charge on any atom is -0.496 e. The van der Waals surface area contributed by atoms with Crippen LogP contribution in [0.5, 0.6) is 11.6 Å². The molecule has 0 fully saturated rings. The normalized spacial score (nSPS) is 10.5. The van der Waals surface area contributed by atoms with Gasteiger partial charge in [0.15, 0.2) is 0 Å². The van der Waals surface area contributed by atoms with Crippen LogP contribution in [0, 0.1) is 0 Å². The molecular formula is C23H19N3O3. The Morgan fingerprint density at radius 2 is 1.62 bits per heavy atom. The first-order valence-corrected chi connectivity index (χ1v) is 9.05. The Bertz CT molecular complexity index is 1190. The Hall–Kier alpha value is -4.06. The Balaban J connectivity index is 1.79. The number of methoxy groups -OCH3 is 1. The molecule has 0 aliphatic rings. The number of aromatic nitrogens is 2. The molecule has 0 aliphatic carbocycles. The second-order valence-corrected chi connectivity index (χ2v) is 6.39. The summed E-state index contributed by atoms with van der Waals surface area (Å²) in [4.78, 5) is 19.6. The van der Waals surface area contributed by atoms with Crippen molar-refractivity contribution in [2.75, 3.05) is 12.4 Å². The molecule has 4 aromatic rings. The second-order valence-electron chi connectivity index (χ2n) is 6.39. The maximum Gasteiger partial charge on any atom is 0.264 e. The largest absolute Gasteiger partial charge is 0.496 e. The molecule has 4 rings (SSSR count). The van der Waals surface area contributed by atoms with Crippen LogP contribution >= 0.6 is 0 Å². The van der Waals surface area contributed by atoms with Gasteiger partial charge >= 0.3 is 0 Å². The van der Waals surface area contributed by atoms with Crippen LogP contribution in [0.2, 0.25) is 0 Å². The monoisotopic (exact) mass is 385 g/mol. The molecule has 1 heterocycles. The lowest BCUT2D eigenvalue weighted by Gasteiger charge is -2.13. The van der Waals surface area contributed by atoms with Crippen LogP contribution in [0.15, 0.2) is 83.7 Å². The van der Waals surface area contributed by atoms with Crippen molar-refractivity contribution in [2.45, 2.75) is 0 Å². The smallest absolute Gasteiger partial charge is 0.264 e. The van der Waals surface area contributed by atoms with Crippen molar-refractivity contribution < 1.29 is 9.84 Å². The lowest BCUT2D eigenvalue weighted by molar-refractivity contribution is 0.415. The van der Waals surface area contributed by atoms with Gasteiger partial charge in [-0.3, -0.25) is 9.78 Å². The minimum atomic E-state index is -0.473. The molecule has 0 bridgehead atoms. The average Bonchev–Trinajstić information content (AvgIpc) is 2.74. The molecule has 144 valence electrons.